The number of hydrogen-bond acceptors (Lipinski definition) is 3. The number of carbonyl (C=O) groups excluding carboxylic acids is 1. The number of hydrogen-bond donors (Lipinski definition) is 1. The van der Waals surface area contributed by atoms with Crippen molar-refractivity contribution < 1.29 is 4.79 Å². The fourth-order valence-corrected chi connectivity index (χ4v) is 2.36. The second-order valence-electron chi connectivity index (χ2n) is 5.54. The van der Waals surface area contributed by atoms with Crippen molar-refractivity contribution in [3.63, 3.8) is 0 Å². The van der Waals surface area contributed by atoms with Crippen molar-refractivity contribution in [1.29, 1.82) is 0 Å². The number of aryl methyl sites for hydroxylation is 1. The Labute approximate surface area is 143 Å². The highest BCUT2D eigenvalue weighted by Gasteiger charge is 2.08. The molecule has 2 aromatic rings. The predicted molar refractivity (Wildman–Crippen MR) is 98.2 cm³/mol. The van der Waals surface area contributed by atoms with E-state index >= 15 is 0 Å². The zero-order valence-corrected chi connectivity index (χ0v) is 14.3. The van der Waals surface area contributed by atoms with Crippen LogP contribution in [-0.4, -0.2) is 15.9 Å². The third-order valence-corrected chi connectivity index (χ3v) is 3.67. The highest BCUT2D eigenvalue weighted by atomic mass is 16.1. The molecule has 0 saturated heterocycles. The number of nitrogens with one attached hydrogen (secondary N) is 1. The van der Waals surface area contributed by atoms with Gasteiger partial charge in [0, 0.05) is 17.5 Å². The molecule has 4 heteroatoms. The highest BCUT2D eigenvalue weighted by molar-refractivity contribution is 6.03. The molecule has 0 aromatic carbocycles. The van der Waals surface area contributed by atoms with Gasteiger partial charge in [-0.3, -0.25) is 15.1 Å². The first-order valence-electron chi connectivity index (χ1n) is 7.94. The van der Waals surface area contributed by atoms with Gasteiger partial charge in [-0.15, -0.1) is 6.42 Å². The molecule has 0 atom stereocenters. The maximum absolute atomic E-state index is 11.3. The molecule has 2 rings (SSSR count). The van der Waals surface area contributed by atoms with Crippen molar-refractivity contribution in [1.82, 2.24) is 9.97 Å². The minimum absolute atomic E-state index is 0.427. The maximum atomic E-state index is 11.3. The lowest BCUT2D eigenvalue weighted by atomic mass is 10.0. The zero-order chi connectivity index (χ0) is 17.5. The van der Waals surface area contributed by atoms with E-state index in [2.05, 4.69) is 41.3 Å². The fourth-order valence-electron chi connectivity index (χ4n) is 2.36. The quantitative estimate of drug-likeness (QED) is 0.839. The van der Waals surface area contributed by atoms with Gasteiger partial charge in [-0.25, -0.2) is 4.98 Å². The molecule has 122 valence electrons. The molecule has 1 N–H and O–H groups in total. The van der Waals surface area contributed by atoms with Crippen LogP contribution in [0, 0.1) is 19.3 Å². The second-order valence-corrected chi connectivity index (χ2v) is 5.54. The van der Waals surface area contributed by atoms with Crippen LogP contribution in [0.3, 0.4) is 0 Å². The summed E-state index contributed by atoms with van der Waals surface area (Å²) < 4.78 is 0. The third-order valence-electron chi connectivity index (χ3n) is 3.67. The summed E-state index contributed by atoms with van der Waals surface area (Å²) in [6.45, 7) is 6.26. The van der Waals surface area contributed by atoms with Crippen molar-refractivity contribution in [3.05, 3.63) is 47.8 Å². The van der Waals surface area contributed by atoms with E-state index in [-0.39, 0.29) is 0 Å². The van der Waals surface area contributed by atoms with E-state index in [1.54, 1.807) is 12.3 Å². The van der Waals surface area contributed by atoms with Crippen molar-refractivity contribution in [2.45, 2.75) is 33.6 Å². The molecule has 0 aliphatic rings. The number of unbranched alkanes of at least 4 members (excludes halogenated alkanes) is 1. The Morgan fingerprint density at radius 2 is 2.21 bits per heavy atom. The van der Waals surface area contributed by atoms with Crippen LogP contribution in [0.2, 0.25) is 0 Å². The molecule has 24 heavy (non-hydrogen) atoms. The molecule has 0 aliphatic heterocycles. The van der Waals surface area contributed by atoms with Crippen molar-refractivity contribution >= 4 is 17.3 Å². The summed E-state index contributed by atoms with van der Waals surface area (Å²) in [5.41, 5.74) is 4.94. The first-order chi connectivity index (χ1) is 11.5. The summed E-state index contributed by atoms with van der Waals surface area (Å²) >= 11 is 0. The standard InChI is InChI=1S/C20H21N3O/c1-5-7-9-14(3)17-12-16(13-21-15(17)4)18-10-8-11-19(22-18)23-20(24)6-2/h2,8-13H,5,7H2,1,3-4H3,(H,22,23,24)/b14-9-. The number of aromatic nitrogens is 2. The monoisotopic (exact) mass is 319 g/mol. The Balaban J connectivity index is 2.38. The summed E-state index contributed by atoms with van der Waals surface area (Å²) in [5, 5.41) is 2.56. The molecule has 0 radical (unpaired) electrons. The normalized spacial score (nSPS) is 11.0. The van der Waals surface area contributed by atoms with E-state index in [0.29, 0.717) is 5.82 Å². The summed E-state index contributed by atoms with van der Waals surface area (Å²) in [7, 11) is 0. The van der Waals surface area contributed by atoms with Crippen molar-refractivity contribution in [3.8, 4) is 23.6 Å². The Morgan fingerprint density at radius 1 is 1.42 bits per heavy atom. The Bertz CT molecular complexity index is 816. The van der Waals surface area contributed by atoms with E-state index < -0.39 is 5.91 Å². The minimum atomic E-state index is -0.513. The van der Waals surface area contributed by atoms with Gasteiger partial charge in [0.1, 0.15) is 5.82 Å². The topological polar surface area (TPSA) is 54.9 Å². The summed E-state index contributed by atoms with van der Waals surface area (Å²) in [5.74, 6) is 1.93. The second kappa shape index (κ2) is 8.07. The van der Waals surface area contributed by atoms with Crippen LogP contribution in [-0.2, 0) is 4.79 Å². The number of rotatable bonds is 5. The van der Waals surface area contributed by atoms with Crippen LogP contribution in [0.5, 0.6) is 0 Å². The lowest BCUT2D eigenvalue weighted by Crippen LogP contribution is -2.09. The van der Waals surface area contributed by atoms with Gasteiger partial charge in [-0.05, 0) is 55.5 Å². The largest absolute Gasteiger partial charge is 0.301 e. The molecule has 0 spiro atoms. The molecule has 0 aliphatic carbocycles. The van der Waals surface area contributed by atoms with Gasteiger partial charge < -0.3 is 0 Å². The van der Waals surface area contributed by atoms with E-state index in [1.165, 1.54) is 5.57 Å². The minimum Gasteiger partial charge on any atom is -0.300 e. The Hall–Kier alpha value is -2.93. The number of nitrogens with zero attached hydrogens (tertiary/aromatic N) is 2. The number of amides is 1. The van der Waals surface area contributed by atoms with Crippen LogP contribution in [0.15, 0.2) is 36.5 Å². The van der Waals surface area contributed by atoms with E-state index in [1.807, 2.05) is 25.0 Å². The molecule has 0 fully saturated rings. The molecule has 4 nitrogen and oxygen atoms in total. The van der Waals surface area contributed by atoms with Crippen LogP contribution < -0.4 is 5.32 Å². The van der Waals surface area contributed by atoms with Gasteiger partial charge in [0.05, 0.1) is 5.69 Å². The highest BCUT2D eigenvalue weighted by Crippen LogP contribution is 2.25. The molecule has 2 aromatic heterocycles. The number of pyridine rings is 2. The first kappa shape index (κ1) is 17.4. The number of anilines is 1. The molecule has 0 bridgehead atoms. The lowest BCUT2D eigenvalue weighted by molar-refractivity contribution is -0.111. The van der Waals surface area contributed by atoms with Gasteiger partial charge in [0.25, 0.3) is 0 Å². The zero-order valence-electron chi connectivity index (χ0n) is 14.3. The van der Waals surface area contributed by atoms with Crippen molar-refractivity contribution in [2.24, 2.45) is 0 Å². The van der Waals surface area contributed by atoms with Gasteiger partial charge in [-0.2, -0.15) is 0 Å². The predicted octanol–water partition coefficient (Wildman–Crippen LogP) is 4.23. The summed E-state index contributed by atoms with van der Waals surface area (Å²) in [6, 6.07) is 7.49. The summed E-state index contributed by atoms with van der Waals surface area (Å²) in [6.07, 6.45) is 11.2. The number of allylic oxidation sites excluding steroid dienone is 2. The van der Waals surface area contributed by atoms with Crippen molar-refractivity contribution in [2.75, 3.05) is 5.32 Å². The van der Waals surface area contributed by atoms with Gasteiger partial charge in [0.15, 0.2) is 0 Å². The van der Waals surface area contributed by atoms with Crippen LogP contribution in [0.1, 0.15) is 37.9 Å². The Morgan fingerprint density at radius 3 is 2.92 bits per heavy atom. The fraction of sp³-hybridized carbons (Fsp3) is 0.250. The lowest BCUT2D eigenvalue weighted by Gasteiger charge is -2.10. The SMILES string of the molecule is C#CC(=O)Nc1cccc(-c2cnc(C)c(/C(C)=C\CCC)c2)n1. The molecule has 1 amide bonds. The molecule has 2 heterocycles. The Kier molecular flexibility index (Phi) is 5.86. The third kappa shape index (κ3) is 4.30. The van der Waals surface area contributed by atoms with Gasteiger partial charge >= 0.3 is 5.91 Å². The molecule has 0 saturated carbocycles. The number of terminal acetylenes is 1. The smallest absolute Gasteiger partial charge is 0.300 e. The molecular weight excluding hydrogens is 298 g/mol. The molecular formula is C20H21N3O. The van der Waals surface area contributed by atoms with Gasteiger partial charge in [0.2, 0.25) is 0 Å². The average molecular weight is 319 g/mol. The van der Waals surface area contributed by atoms with Gasteiger partial charge in [-0.1, -0.05) is 25.5 Å². The average Bonchev–Trinajstić information content (AvgIpc) is 2.60. The molecule has 0 unspecified atom stereocenters. The van der Waals surface area contributed by atoms with E-state index in [9.17, 15) is 4.79 Å². The van der Waals surface area contributed by atoms with Crippen LogP contribution >= 0.6 is 0 Å². The summed E-state index contributed by atoms with van der Waals surface area (Å²) in [4.78, 5) is 20.2. The van der Waals surface area contributed by atoms with Crippen LogP contribution in [0.4, 0.5) is 5.82 Å². The van der Waals surface area contributed by atoms with E-state index in [0.717, 1.165) is 35.4 Å². The first-order valence-corrected chi connectivity index (χ1v) is 7.94. The number of carbonyl (C=O) groups is 1. The maximum Gasteiger partial charge on any atom is 0.301 e. The van der Waals surface area contributed by atoms with Crippen LogP contribution in [0.25, 0.3) is 16.8 Å². The van der Waals surface area contributed by atoms with E-state index in [4.69, 9.17) is 6.42 Å².